The standard InChI is InChI=1S/C14H12ClN5O4S3/c1-9-6-12(7-16-13(9)15)27(23,24)19-10-2-4-11(5-3-10)26(21,22)20-14-18-17-8-25-14/h2-8,19H,1H3,(H,18,20). The van der Waals surface area contributed by atoms with Gasteiger partial charge in [-0.05, 0) is 42.8 Å². The molecule has 9 nitrogen and oxygen atoms in total. The number of nitrogens with zero attached hydrogens (tertiary/aromatic N) is 3. The topological polar surface area (TPSA) is 131 Å². The number of benzene rings is 1. The summed E-state index contributed by atoms with van der Waals surface area (Å²) in [5.41, 5.74) is 2.10. The van der Waals surface area contributed by atoms with Crippen molar-refractivity contribution in [2.45, 2.75) is 16.7 Å². The van der Waals surface area contributed by atoms with Crippen LogP contribution in [0.15, 0.2) is 51.8 Å². The van der Waals surface area contributed by atoms with Crippen LogP contribution in [0.2, 0.25) is 5.15 Å². The Labute approximate surface area is 164 Å². The van der Waals surface area contributed by atoms with Crippen molar-refractivity contribution in [3.05, 3.63) is 52.8 Å². The van der Waals surface area contributed by atoms with E-state index in [1.165, 1.54) is 35.8 Å². The zero-order chi connectivity index (χ0) is 19.7. The second-order valence-corrected chi connectivity index (χ2v) is 9.81. The molecule has 0 radical (unpaired) electrons. The minimum Gasteiger partial charge on any atom is -0.280 e. The lowest BCUT2D eigenvalue weighted by Gasteiger charge is -2.10. The molecule has 0 unspecified atom stereocenters. The van der Waals surface area contributed by atoms with Crippen molar-refractivity contribution in [3.8, 4) is 0 Å². The van der Waals surface area contributed by atoms with Crippen LogP contribution in [0.1, 0.15) is 5.56 Å². The monoisotopic (exact) mass is 445 g/mol. The first-order chi connectivity index (χ1) is 12.7. The molecule has 13 heteroatoms. The molecule has 0 bridgehead atoms. The molecule has 0 aliphatic rings. The first-order valence-electron chi connectivity index (χ1n) is 7.21. The highest BCUT2D eigenvalue weighted by molar-refractivity contribution is 7.93. The van der Waals surface area contributed by atoms with Crippen molar-refractivity contribution in [1.29, 1.82) is 0 Å². The van der Waals surface area contributed by atoms with E-state index in [0.29, 0.717) is 5.56 Å². The van der Waals surface area contributed by atoms with Crippen LogP contribution in [-0.4, -0.2) is 32.0 Å². The minimum atomic E-state index is -3.89. The van der Waals surface area contributed by atoms with Crippen molar-refractivity contribution >= 4 is 53.8 Å². The van der Waals surface area contributed by atoms with E-state index in [4.69, 9.17) is 11.6 Å². The van der Waals surface area contributed by atoms with Crippen molar-refractivity contribution in [3.63, 3.8) is 0 Å². The van der Waals surface area contributed by atoms with Gasteiger partial charge in [0.1, 0.15) is 15.6 Å². The molecule has 3 rings (SSSR count). The van der Waals surface area contributed by atoms with Gasteiger partial charge in [0.2, 0.25) is 5.13 Å². The number of rotatable bonds is 6. The van der Waals surface area contributed by atoms with Crippen LogP contribution in [0.4, 0.5) is 10.8 Å². The average molecular weight is 446 g/mol. The smallest absolute Gasteiger partial charge is 0.263 e. The highest BCUT2D eigenvalue weighted by Gasteiger charge is 2.18. The molecule has 2 heterocycles. The fourth-order valence-corrected chi connectivity index (χ4v) is 4.87. The Bertz CT molecular complexity index is 1160. The Balaban J connectivity index is 1.80. The van der Waals surface area contributed by atoms with Gasteiger partial charge in [0.25, 0.3) is 20.0 Å². The third-order valence-corrected chi connectivity index (χ3v) is 7.13. The Morgan fingerprint density at radius 2 is 1.67 bits per heavy atom. The van der Waals surface area contributed by atoms with Gasteiger partial charge in [-0.25, -0.2) is 21.8 Å². The van der Waals surface area contributed by atoms with Crippen LogP contribution >= 0.6 is 22.9 Å². The first kappa shape index (κ1) is 19.5. The van der Waals surface area contributed by atoms with Gasteiger partial charge < -0.3 is 0 Å². The summed E-state index contributed by atoms with van der Waals surface area (Å²) in [4.78, 5) is 3.71. The number of anilines is 2. The molecule has 0 spiro atoms. The highest BCUT2D eigenvalue weighted by atomic mass is 35.5. The Morgan fingerprint density at radius 1 is 1.00 bits per heavy atom. The Kier molecular flexibility index (Phi) is 5.33. The average Bonchev–Trinajstić information content (AvgIpc) is 3.09. The molecule has 1 aromatic carbocycles. The van der Waals surface area contributed by atoms with Crippen LogP contribution in [0.3, 0.4) is 0 Å². The quantitative estimate of drug-likeness (QED) is 0.557. The van der Waals surface area contributed by atoms with Gasteiger partial charge in [0.05, 0.1) is 4.90 Å². The lowest BCUT2D eigenvalue weighted by molar-refractivity contribution is 0.599. The molecule has 0 aliphatic heterocycles. The molecule has 0 fully saturated rings. The molecular formula is C14H12ClN5O4S3. The van der Waals surface area contributed by atoms with E-state index in [0.717, 1.165) is 17.5 Å². The number of pyridine rings is 1. The summed E-state index contributed by atoms with van der Waals surface area (Å²) in [7, 11) is -7.74. The maximum atomic E-state index is 12.4. The van der Waals surface area contributed by atoms with Gasteiger partial charge in [-0.1, -0.05) is 22.9 Å². The van der Waals surface area contributed by atoms with Crippen LogP contribution in [0.5, 0.6) is 0 Å². The lowest BCUT2D eigenvalue weighted by atomic mass is 10.3. The second-order valence-electron chi connectivity index (χ2n) is 5.26. The molecule has 0 saturated heterocycles. The highest BCUT2D eigenvalue weighted by Crippen LogP contribution is 2.22. The largest absolute Gasteiger partial charge is 0.280 e. The first-order valence-corrected chi connectivity index (χ1v) is 11.4. The van der Waals surface area contributed by atoms with E-state index >= 15 is 0 Å². The van der Waals surface area contributed by atoms with Gasteiger partial charge >= 0.3 is 0 Å². The zero-order valence-electron chi connectivity index (χ0n) is 13.6. The molecule has 0 aliphatic carbocycles. The molecule has 3 aromatic rings. The molecule has 142 valence electrons. The second kappa shape index (κ2) is 7.38. The van der Waals surface area contributed by atoms with E-state index < -0.39 is 20.0 Å². The predicted molar refractivity (Wildman–Crippen MR) is 102 cm³/mol. The number of aryl methyl sites for hydroxylation is 1. The maximum absolute atomic E-state index is 12.4. The lowest BCUT2D eigenvalue weighted by Crippen LogP contribution is -2.15. The normalized spacial score (nSPS) is 11.9. The molecule has 27 heavy (non-hydrogen) atoms. The Hall–Kier alpha value is -2.28. The molecule has 0 saturated carbocycles. The van der Waals surface area contributed by atoms with Crippen LogP contribution in [0.25, 0.3) is 0 Å². The number of halogens is 1. The SMILES string of the molecule is Cc1cc(S(=O)(=O)Nc2ccc(S(=O)(=O)Nc3nncs3)cc2)cnc1Cl. The van der Waals surface area contributed by atoms with Crippen molar-refractivity contribution in [2.24, 2.45) is 0 Å². The Morgan fingerprint density at radius 3 is 2.26 bits per heavy atom. The predicted octanol–water partition coefficient (Wildman–Crippen LogP) is 2.50. The summed E-state index contributed by atoms with van der Waals surface area (Å²) in [5.74, 6) is 0. The van der Waals surface area contributed by atoms with E-state index in [-0.39, 0.29) is 25.8 Å². The molecule has 0 atom stereocenters. The van der Waals surface area contributed by atoms with Gasteiger partial charge in [-0.15, -0.1) is 10.2 Å². The number of aromatic nitrogens is 3. The third-order valence-electron chi connectivity index (χ3n) is 3.30. The van der Waals surface area contributed by atoms with Crippen molar-refractivity contribution in [1.82, 2.24) is 15.2 Å². The minimum absolute atomic E-state index is 0.0512. The third kappa shape index (κ3) is 4.53. The van der Waals surface area contributed by atoms with Crippen LogP contribution < -0.4 is 9.44 Å². The van der Waals surface area contributed by atoms with Crippen LogP contribution in [0, 0.1) is 6.92 Å². The van der Waals surface area contributed by atoms with Crippen molar-refractivity contribution < 1.29 is 16.8 Å². The fourth-order valence-electron chi connectivity index (χ4n) is 1.99. The maximum Gasteiger partial charge on any atom is 0.263 e. The van der Waals surface area contributed by atoms with E-state index in [2.05, 4.69) is 24.6 Å². The number of nitrogens with one attached hydrogen (secondary N) is 2. The van der Waals surface area contributed by atoms with Gasteiger partial charge in [-0.3, -0.25) is 9.44 Å². The number of sulfonamides is 2. The molecule has 2 aromatic heterocycles. The summed E-state index contributed by atoms with van der Waals surface area (Å²) >= 11 is 6.84. The molecule has 0 amide bonds. The summed E-state index contributed by atoms with van der Waals surface area (Å²) in [5, 5.41) is 7.50. The van der Waals surface area contributed by atoms with E-state index in [9.17, 15) is 16.8 Å². The number of hydrogen-bond acceptors (Lipinski definition) is 8. The fraction of sp³-hybridized carbons (Fsp3) is 0.0714. The van der Waals surface area contributed by atoms with E-state index in [1.54, 1.807) is 6.92 Å². The van der Waals surface area contributed by atoms with Gasteiger partial charge in [-0.2, -0.15) is 0 Å². The van der Waals surface area contributed by atoms with E-state index in [1.807, 2.05) is 0 Å². The van der Waals surface area contributed by atoms with Crippen molar-refractivity contribution in [2.75, 3.05) is 9.44 Å². The number of hydrogen-bond donors (Lipinski definition) is 2. The zero-order valence-corrected chi connectivity index (χ0v) is 16.8. The molecule has 2 N–H and O–H groups in total. The molecular weight excluding hydrogens is 434 g/mol. The summed E-state index contributed by atoms with van der Waals surface area (Å²) in [6, 6.07) is 6.60. The van der Waals surface area contributed by atoms with Gasteiger partial charge in [0.15, 0.2) is 0 Å². The van der Waals surface area contributed by atoms with Gasteiger partial charge in [0, 0.05) is 11.9 Å². The summed E-state index contributed by atoms with van der Waals surface area (Å²) in [6.07, 6.45) is 1.14. The van der Waals surface area contributed by atoms with Crippen LogP contribution in [-0.2, 0) is 20.0 Å². The summed E-state index contributed by atoms with van der Waals surface area (Å²) in [6.45, 7) is 1.64. The summed E-state index contributed by atoms with van der Waals surface area (Å²) < 4.78 is 54.0.